The van der Waals surface area contributed by atoms with Crippen LogP contribution in [0.1, 0.15) is 26.3 Å². The second-order valence-electron chi connectivity index (χ2n) is 4.28. The standard InChI is InChI=1S/C13H16ClFO2/c1-4-17-13(2,3)12(16)7-9-5-6-10(15)8-11(9)14/h5-6,8H,4,7H2,1-3H3. The summed E-state index contributed by atoms with van der Waals surface area (Å²) < 4.78 is 18.2. The van der Waals surface area contributed by atoms with Crippen molar-refractivity contribution in [2.75, 3.05) is 6.61 Å². The summed E-state index contributed by atoms with van der Waals surface area (Å²) >= 11 is 5.87. The molecule has 0 radical (unpaired) electrons. The highest BCUT2D eigenvalue weighted by atomic mass is 35.5. The van der Waals surface area contributed by atoms with E-state index < -0.39 is 11.4 Å². The van der Waals surface area contributed by atoms with Crippen LogP contribution in [0.15, 0.2) is 18.2 Å². The number of hydrogen-bond acceptors (Lipinski definition) is 2. The molecule has 1 aromatic rings. The van der Waals surface area contributed by atoms with E-state index in [4.69, 9.17) is 16.3 Å². The zero-order valence-electron chi connectivity index (χ0n) is 10.2. The molecule has 0 N–H and O–H groups in total. The molecule has 17 heavy (non-hydrogen) atoms. The second-order valence-corrected chi connectivity index (χ2v) is 4.69. The van der Waals surface area contributed by atoms with Gasteiger partial charge < -0.3 is 4.74 Å². The first-order valence-corrected chi connectivity index (χ1v) is 5.86. The molecule has 4 heteroatoms. The van der Waals surface area contributed by atoms with Crippen LogP contribution >= 0.6 is 11.6 Å². The van der Waals surface area contributed by atoms with E-state index in [0.29, 0.717) is 12.2 Å². The predicted octanol–water partition coefficient (Wildman–Crippen LogP) is 3.41. The average molecular weight is 259 g/mol. The van der Waals surface area contributed by atoms with E-state index in [2.05, 4.69) is 0 Å². The molecule has 1 aromatic carbocycles. The van der Waals surface area contributed by atoms with Crippen LogP contribution in [0.3, 0.4) is 0 Å². The van der Waals surface area contributed by atoms with Gasteiger partial charge in [-0.15, -0.1) is 0 Å². The Morgan fingerprint density at radius 3 is 2.65 bits per heavy atom. The summed E-state index contributed by atoms with van der Waals surface area (Å²) in [7, 11) is 0. The summed E-state index contributed by atoms with van der Waals surface area (Å²) in [5, 5.41) is 0.269. The molecule has 0 aliphatic carbocycles. The van der Waals surface area contributed by atoms with Gasteiger partial charge >= 0.3 is 0 Å². The van der Waals surface area contributed by atoms with Crippen molar-refractivity contribution in [1.82, 2.24) is 0 Å². The summed E-state index contributed by atoms with van der Waals surface area (Å²) in [5.41, 5.74) is -0.224. The summed E-state index contributed by atoms with van der Waals surface area (Å²) in [6.07, 6.45) is 0.145. The lowest BCUT2D eigenvalue weighted by atomic mass is 9.97. The number of hydrogen-bond donors (Lipinski definition) is 0. The van der Waals surface area contributed by atoms with Crippen LogP contribution < -0.4 is 0 Å². The van der Waals surface area contributed by atoms with Crippen molar-refractivity contribution in [3.63, 3.8) is 0 Å². The zero-order chi connectivity index (χ0) is 13.1. The molecule has 1 rings (SSSR count). The molecule has 0 unspecified atom stereocenters. The Bertz CT molecular complexity index is 416. The summed E-state index contributed by atoms with van der Waals surface area (Å²) in [6, 6.07) is 4.03. The highest BCUT2D eigenvalue weighted by Crippen LogP contribution is 2.21. The van der Waals surface area contributed by atoms with Gasteiger partial charge in [0.05, 0.1) is 0 Å². The maximum Gasteiger partial charge on any atom is 0.168 e. The zero-order valence-corrected chi connectivity index (χ0v) is 11.0. The molecule has 0 amide bonds. The van der Waals surface area contributed by atoms with E-state index in [0.717, 1.165) is 0 Å². The molecule has 0 bridgehead atoms. The topological polar surface area (TPSA) is 26.3 Å². The minimum atomic E-state index is -0.841. The van der Waals surface area contributed by atoms with Gasteiger partial charge in [0.2, 0.25) is 0 Å². The smallest absolute Gasteiger partial charge is 0.168 e. The van der Waals surface area contributed by atoms with Crippen LogP contribution in [0, 0.1) is 5.82 Å². The Hall–Kier alpha value is -0.930. The highest BCUT2D eigenvalue weighted by molar-refractivity contribution is 6.31. The van der Waals surface area contributed by atoms with Crippen molar-refractivity contribution < 1.29 is 13.9 Å². The summed E-state index contributed by atoms with van der Waals surface area (Å²) in [6.45, 7) is 5.74. The van der Waals surface area contributed by atoms with Crippen molar-refractivity contribution >= 4 is 17.4 Å². The first-order valence-electron chi connectivity index (χ1n) is 5.48. The van der Waals surface area contributed by atoms with Crippen molar-refractivity contribution in [1.29, 1.82) is 0 Å². The first-order chi connectivity index (χ1) is 7.86. The van der Waals surface area contributed by atoms with E-state index >= 15 is 0 Å². The largest absolute Gasteiger partial charge is 0.368 e. The third kappa shape index (κ3) is 3.79. The monoisotopic (exact) mass is 258 g/mol. The number of Topliss-reactive ketones (excluding diaryl/α,β-unsaturated/α-hetero) is 1. The van der Waals surface area contributed by atoms with Crippen LogP contribution in [-0.2, 0) is 16.0 Å². The quantitative estimate of drug-likeness (QED) is 0.809. The van der Waals surface area contributed by atoms with Gasteiger partial charge in [-0.25, -0.2) is 4.39 Å². The van der Waals surface area contributed by atoms with Gasteiger partial charge in [-0.1, -0.05) is 17.7 Å². The highest BCUT2D eigenvalue weighted by Gasteiger charge is 2.28. The van der Waals surface area contributed by atoms with Crippen molar-refractivity contribution in [3.8, 4) is 0 Å². The Morgan fingerprint density at radius 1 is 1.47 bits per heavy atom. The Morgan fingerprint density at radius 2 is 2.12 bits per heavy atom. The predicted molar refractivity (Wildman–Crippen MR) is 65.8 cm³/mol. The molecule has 0 aliphatic rings. The molecule has 0 atom stereocenters. The molecule has 0 saturated heterocycles. The van der Waals surface area contributed by atoms with Gasteiger partial charge in [0.1, 0.15) is 11.4 Å². The van der Waals surface area contributed by atoms with Gasteiger partial charge in [-0.2, -0.15) is 0 Å². The summed E-state index contributed by atoms with van der Waals surface area (Å²) in [5.74, 6) is -0.483. The fraction of sp³-hybridized carbons (Fsp3) is 0.462. The molecular formula is C13H16ClFO2. The number of ether oxygens (including phenoxy) is 1. The SMILES string of the molecule is CCOC(C)(C)C(=O)Cc1ccc(F)cc1Cl. The van der Waals surface area contributed by atoms with Gasteiger partial charge in [0, 0.05) is 18.1 Å². The molecule has 2 nitrogen and oxygen atoms in total. The number of carbonyl (C=O) groups excluding carboxylic acids is 1. The molecule has 0 saturated carbocycles. The second kappa shape index (κ2) is 5.61. The maximum absolute atomic E-state index is 12.8. The number of ketones is 1. The van der Waals surface area contributed by atoms with Crippen LogP contribution in [-0.4, -0.2) is 18.0 Å². The molecule has 0 aromatic heterocycles. The Labute approximate surface area is 106 Å². The lowest BCUT2D eigenvalue weighted by molar-refractivity contribution is -0.139. The van der Waals surface area contributed by atoms with Crippen molar-refractivity contribution in [3.05, 3.63) is 34.6 Å². The lowest BCUT2D eigenvalue weighted by Gasteiger charge is -2.23. The van der Waals surface area contributed by atoms with Crippen LogP contribution in [0.4, 0.5) is 4.39 Å². The van der Waals surface area contributed by atoms with E-state index in [9.17, 15) is 9.18 Å². The van der Waals surface area contributed by atoms with Crippen molar-refractivity contribution in [2.24, 2.45) is 0 Å². The Kier molecular flexibility index (Phi) is 4.66. The molecule has 94 valence electrons. The van der Waals surface area contributed by atoms with E-state index in [-0.39, 0.29) is 17.2 Å². The molecule has 0 aliphatic heterocycles. The molecule has 0 spiro atoms. The minimum Gasteiger partial charge on any atom is -0.368 e. The summed E-state index contributed by atoms with van der Waals surface area (Å²) in [4.78, 5) is 12.0. The van der Waals surface area contributed by atoms with Crippen LogP contribution in [0.5, 0.6) is 0 Å². The molecule has 0 heterocycles. The average Bonchev–Trinajstić information content (AvgIpc) is 2.22. The van der Waals surface area contributed by atoms with Gasteiger partial charge in [0.15, 0.2) is 5.78 Å². The number of benzene rings is 1. The fourth-order valence-corrected chi connectivity index (χ4v) is 1.73. The number of carbonyl (C=O) groups is 1. The van der Waals surface area contributed by atoms with E-state index in [1.807, 2.05) is 6.92 Å². The van der Waals surface area contributed by atoms with Gasteiger partial charge in [0.25, 0.3) is 0 Å². The first kappa shape index (κ1) is 14.1. The minimum absolute atomic E-state index is 0.0761. The Balaban J connectivity index is 2.81. The van der Waals surface area contributed by atoms with Crippen molar-refractivity contribution in [2.45, 2.75) is 32.8 Å². The van der Waals surface area contributed by atoms with Crippen LogP contribution in [0.2, 0.25) is 5.02 Å². The number of rotatable bonds is 5. The van der Waals surface area contributed by atoms with Crippen LogP contribution in [0.25, 0.3) is 0 Å². The van der Waals surface area contributed by atoms with Gasteiger partial charge in [-0.3, -0.25) is 4.79 Å². The third-order valence-corrected chi connectivity index (χ3v) is 2.89. The lowest BCUT2D eigenvalue weighted by Crippen LogP contribution is -2.36. The van der Waals surface area contributed by atoms with E-state index in [1.165, 1.54) is 18.2 Å². The fourth-order valence-electron chi connectivity index (χ4n) is 1.49. The molecular weight excluding hydrogens is 243 g/mol. The number of halogens is 2. The molecule has 0 fully saturated rings. The third-order valence-electron chi connectivity index (χ3n) is 2.54. The maximum atomic E-state index is 12.8. The van der Waals surface area contributed by atoms with Gasteiger partial charge in [-0.05, 0) is 38.5 Å². The van der Waals surface area contributed by atoms with E-state index in [1.54, 1.807) is 13.8 Å². The normalized spacial score (nSPS) is 11.6.